The molecule has 0 saturated carbocycles. The summed E-state index contributed by atoms with van der Waals surface area (Å²) in [6.07, 6.45) is -16.0. The van der Waals surface area contributed by atoms with Gasteiger partial charge in [-0.05, 0) is 74.4 Å². The van der Waals surface area contributed by atoms with Crippen LogP contribution in [0.2, 0.25) is 0 Å². The molecule has 60 heavy (non-hydrogen) atoms. The quantitative estimate of drug-likeness (QED) is 0.148. The molecule has 0 bridgehead atoms. The van der Waals surface area contributed by atoms with Gasteiger partial charge in [-0.15, -0.1) is 6.58 Å². The van der Waals surface area contributed by atoms with Gasteiger partial charge in [0, 0.05) is 13.8 Å². The van der Waals surface area contributed by atoms with Gasteiger partial charge in [0.2, 0.25) is 6.29 Å². The van der Waals surface area contributed by atoms with Gasteiger partial charge in [0.05, 0.1) is 35.5 Å². The second kappa shape index (κ2) is 20.6. The number of benzene rings is 1. The number of ether oxygens (including phenoxy) is 11. The van der Waals surface area contributed by atoms with Crippen molar-refractivity contribution in [3.63, 3.8) is 0 Å². The normalized spacial score (nSPS) is 27.0. The molecule has 0 radical (unpaired) electrons. The number of methoxy groups -OCH3 is 1. The molecule has 0 aliphatic carbocycles. The summed E-state index contributed by atoms with van der Waals surface area (Å²) in [5.41, 5.74) is -3.51. The summed E-state index contributed by atoms with van der Waals surface area (Å²) in [6.45, 7) is 19.0. The van der Waals surface area contributed by atoms with E-state index in [9.17, 15) is 33.6 Å². The van der Waals surface area contributed by atoms with Gasteiger partial charge in [-0.1, -0.05) is 24.3 Å². The van der Waals surface area contributed by atoms with Gasteiger partial charge in [-0.3, -0.25) is 24.0 Å². The van der Waals surface area contributed by atoms with E-state index in [0.29, 0.717) is 0 Å². The first-order valence-electron chi connectivity index (χ1n) is 19.3. The fourth-order valence-corrected chi connectivity index (χ4v) is 5.56. The van der Waals surface area contributed by atoms with Gasteiger partial charge in [0.1, 0.15) is 18.8 Å². The van der Waals surface area contributed by atoms with Crippen molar-refractivity contribution >= 4 is 41.8 Å². The molecule has 0 unspecified atom stereocenters. The first kappa shape index (κ1) is 49.5. The molecule has 1 aromatic carbocycles. The van der Waals surface area contributed by atoms with Crippen molar-refractivity contribution in [3.05, 3.63) is 48.6 Å². The summed E-state index contributed by atoms with van der Waals surface area (Å²) in [5.74, 6) is -6.26. The maximum Gasteiger partial charge on any atom is 0.339 e. The highest BCUT2D eigenvalue weighted by Gasteiger charge is 2.60. The Hall–Kier alpha value is -4.91. The standard InChI is InChI=1S/C42H58O18/c1-14-20-51-35-31(55-33(45)24-18-16-15-17-19-24)27(26(53-23(3)44)25(54-35)21-52-22(2)43)56-36-32(60-39(49)42(10,11)12)29(59-38(48)41(7,8)9)28(30(57-36)34(46)50-13)58-37(47)40(4,5)6/h14-19,25-32,35-36H,1,20-21H2,2-13H3/t25-,26+,27+,28+,29+,30+,31-,32-,35-,36-/m1/s1. The zero-order valence-electron chi connectivity index (χ0n) is 36.2. The predicted octanol–water partition coefficient (Wildman–Crippen LogP) is 3.79. The average molecular weight is 851 g/mol. The number of esters is 7. The van der Waals surface area contributed by atoms with Crippen molar-refractivity contribution in [1.82, 2.24) is 0 Å². The monoisotopic (exact) mass is 850 g/mol. The number of hydrogen-bond donors (Lipinski definition) is 0. The van der Waals surface area contributed by atoms with Crippen molar-refractivity contribution in [2.45, 2.75) is 138 Å². The molecule has 334 valence electrons. The summed E-state index contributed by atoms with van der Waals surface area (Å²) < 4.78 is 64.7. The molecule has 18 heteroatoms. The van der Waals surface area contributed by atoms with Crippen LogP contribution in [0, 0.1) is 16.2 Å². The smallest absolute Gasteiger partial charge is 0.339 e. The SMILES string of the molecule is C=CCO[C@@H]1O[C@H](COC(C)=O)[C@H](OC(C)=O)[C@H](O[C@@H]2O[C@H](C(=O)OC)[C@@H](OC(=O)C(C)(C)C)[C@H](OC(=O)C(C)(C)C)[C@H]2OC(=O)C(C)(C)C)[C@H]1OC(=O)c1ccccc1. The Kier molecular flexibility index (Phi) is 17.0. The fraction of sp³-hybridized carbons (Fsp3) is 0.643. The van der Waals surface area contributed by atoms with E-state index in [0.717, 1.165) is 21.0 Å². The Morgan fingerprint density at radius 2 is 1.15 bits per heavy atom. The van der Waals surface area contributed by atoms with Crippen LogP contribution in [0.5, 0.6) is 0 Å². The van der Waals surface area contributed by atoms with Crippen molar-refractivity contribution < 1.29 is 85.7 Å². The lowest BCUT2D eigenvalue weighted by Crippen LogP contribution is -2.68. The summed E-state index contributed by atoms with van der Waals surface area (Å²) in [6, 6.07) is 7.78. The Balaban J connectivity index is 2.37. The van der Waals surface area contributed by atoms with Crippen molar-refractivity contribution in [3.8, 4) is 0 Å². The molecule has 10 atom stereocenters. The summed E-state index contributed by atoms with van der Waals surface area (Å²) in [4.78, 5) is 93.2. The molecule has 2 fully saturated rings. The zero-order valence-corrected chi connectivity index (χ0v) is 36.2. The van der Waals surface area contributed by atoms with Crippen molar-refractivity contribution in [2.75, 3.05) is 20.3 Å². The van der Waals surface area contributed by atoms with E-state index in [1.165, 1.54) is 59.8 Å². The number of carbonyl (C=O) groups is 7. The molecule has 2 saturated heterocycles. The second-order valence-electron chi connectivity index (χ2n) is 17.2. The molecule has 1 aromatic rings. The molecule has 2 aliphatic rings. The maximum absolute atomic E-state index is 13.8. The van der Waals surface area contributed by atoms with Gasteiger partial charge in [0.25, 0.3) is 0 Å². The number of carbonyl (C=O) groups excluding carboxylic acids is 7. The summed E-state index contributed by atoms with van der Waals surface area (Å²) >= 11 is 0. The van der Waals surface area contributed by atoms with Crippen LogP contribution in [-0.4, -0.2) is 124 Å². The van der Waals surface area contributed by atoms with Gasteiger partial charge < -0.3 is 52.1 Å². The van der Waals surface area contributed by atoms with Crippen LogP contribution in [0.4, 0.5) is 0 Å². The number of hydrogen-bond acceptors (Lipinski definition) is 18. The predicted molar refractivity (Wildman–Crippen MR) is 206 cm³/mol. The Labute approximate surface area is 349 Å². The third-order valence-electron chi connectivity index (χ3n) is 8.76. The molecule has 0 N–H and O–H groups in total. The number of rotatable bonds is 14. The minimum absolute atomic E-state index is 0.0825. The largest absolute Gasteiger partial charge is 0.467 e. The lowest BCUT2D eigenvalue weighted by Gasteiger charge is -2.49. The first-order chi connectivity index (χ1) is 27.8. The molecule has 18 nitrogen and oxygen atoms in total. The fourth-order valence-electron chi connectivity index (χ4n) is 5.56. The highest BCUT2D eigenvalue weighted by molar-refractivity contribution is 5.89. The third kappa shape index (κ3) is 13.3. The Morgan fingerprint density at radius 1 is 0.633 bits per heavy atom. The molecule has 0 spiro atoms. The zero-order chi connectivity index (χ0) is 45.3. The van der Waals surface area contributed by atoms with E-state index in [1.807, 2.05) is 0 Å². The van der Waals surface area contributed by atoms with Gasteiger partial charge in [0.15, 0.2) is 42.9 Å². The minimum Gasteiger partial charge on any atom is -0.467 e. The van der Waals surface area contributed by atoms with Gasteiger partial charge in [-0.25, -0.2) is 9.59 Å². The van der Waals surface area contributed by atoms with Crippen molar-refractivity contribution in [2.24, 2.45) is 16.2 Å². The van der Waals surface area contributed by atoms with Crippen LogP contribution in [0.25, 0.3) is 0 Å². The molecule has 2 heterocycles. The van der Waals surface area contributed by atoms with E-state index in [2.05, 4.69) is 6.58 Å². The van der Waals surface area contributed by atoms with Crippen LogP contribution in [0.3, 0.4) is 0 Å². The van der Waals surface area contributed by atoms with Gasteiger partial charge >= 0.3 is 41.8 Å². The molecule has 3 rings (SSSR count). The molecule has 0 aromatic heterocycles. The Bertz CT molecular complexity index is 1700. The topological polar surface area (TPSA) is 221 Å². The van der Waals surface area contributed by atoms with E-state index in [1.54, 1.807) is 39.0 Å². The van der Waals surface area contributed by atoms with E-state index >= 15 is 0 Å². The Morgan fingerprint density at radius 3 is 1.63 bits per heavy atom. The van der Waals surface area contributed by atoms with Crippen LogP contribution < -0.4 is 0 Å². The van der Waals surface area contributed by atoms with Crippen molar-refractivity contribution in [1.29, 1.82) is 0 Å². The van der Waals surface area contributed by atoms with Crippen LogP contribution in [0.1, 0.15) is 86.5 Å². The highest BCUT2D eigenvalue weighted by atomic mass is 16.8. The van der Waals surface area contributed by atoms with E-state index < -0.39 is 126 Å². The van der Waals surface area contributed by atoms with E-state index in [4.69, 9.17) is 52.1 Å². The van der Waals surface area contributed by atoms with Crippen LogP contribution in [-0.2, 0) is 80.9 Å². The maximum atomic E-state index is 13.8. The van der Waals surface area contributed by atoms with Gasteiger partial charge in [-0.2, -0.15) is 0 Å². The van der Waals surface area contributed by atoms with Crippen LogP contribution in [0.15, 0.2) is 43.0 Å². The molecular weight excluding hydrogens is 792 g/mol. The molecule has 0 amide bonds. The average Bonchev–Trinajstić information content (AvgIpc) is 3.15. The molecule has 2 aliphatic heterocycles. The van der Waals surface area contributed by atoms with Crippen LogP contribution >= 0.6 is 0 Å². The first-order valence-corrected chi connectivity index (χ1v) is 19.3. The molecular formula is C42H58O18. The second-order valence-corrected chi connectivity index (χ2v) is 17.2. The lowest BCUT2D eigenvalue weighted by molar-refractivity contribution is -0.357. The third-order valence-corrected chi connectivity index (χ3v) is 8.76. The lowest BCUT2D eigenvalue weighted by atomic mass is 9.92. The van der Waals surface area contributed by atoms with E-state index in [-0.39, 0.29) is 12.2 Å². The highest BCUT2D eigenvalue weighted by Crippen LogP contribution is 2.38. The minimum atomic E-state index is -2.00. The summed E-state index contributed by atoms with van der Waals surface area (Å²) in [5, 5.41) is 0. The summed E-state index contributed by atoms with van der Waals surface area (Å²) in [7, 11) is 1.03.